The molecule has 0 aromatic carbocycles. The topological polar surface area (TPSA) is 78.4 Å². The fraction of sp³-hybridized carbons (Fsp3) is 0.684. The van der Waals surface area contributed by atoms with Crippen LogP contribution in [0, 0.1) is 5.92 Å². The first kappa shape index (κ1) is 18.8. The van der Waals surface area contributed by atoms with E-state index in [4.69, 9.17) is 0 Å². The predicted molar refractivity (Wildman–Crippen MR) is 98.1 cm³/mol. The highest BCUT2D eigenvalue weighted by molar-refractivity contribution is 5.89. The Hall–Kier alpha value is -2.02. The largest absolute Gasteiger partial charge is 0.353 e. The Morgan fingerprint density at radius 2 is 2.08 bits per heavy atom. The number of fused-ring (bicyclic) bond motifs is 1. The van der Waals surface area contributed by atoms with Crippen LogP contribution in [0.1, 0.15) is 51.2 Å². The Labute approximate surface area is 155 Å². The van der Waals surface area contributed by atoms with Gasteiger partial charge in [-0.15, -0.1) is 0 Å². The van der Waals surface area contributed by atoms with Gasteiger partial charge in [0.05, 0.1) is 24.7 Å². The average molecular weight is 359 g/mol. The first-order valence-corrected chi connectivity index (χ1v) is 9.50. The van der Waals surface area contributed by atoms with Crippen molar-refractivity contribution >= 4 is 11.8 Å². The molecule has 142 valence electrons. The van der Waals surface area contributed by atoms with Crippen molar-refractivity contribution in [3.8, 4) is 0 Å². The van der Waals surface area contributed by atoms with Gasteiger partial charge in [-0.1, -0.05) is 13.8 Å². The maximum absolute atomic E-state index is 12.8. The Morgan fingerprint density at radius 1 is 1.31 bits per heavy atom. The summed E-state index contributed by atoms with van der Waals surface area (Å²) < 4.78 is 0. The molecule has 0 bridgehead atoms. The van der Waals surface area contributed by atoms with E-state index in [9.17, 15) is 9.59 Å². The van der Waals surface area contributed by atoms with Crippen molar-refractivity contribution in [2.75, 3.05) is 13.1 Å². The van der Waals surface area contributed by atoms with Crippen LogP contribution in [-0.4, -0.2) is 56.8 Å². The summed E-state index contributed by atoms with van der Waals surface area (Å²) in [6.07, 6.45) is 2.90. The molecule has 2 aliphatic rings. The van der Waals surface area contributed by atoms with Crippen molar-refractivity contribution in [1.82, 2.24) is 25.1 Å². The minimum atomic E-state index is -0.387. The number of rotatable bonds is 5. The van der Waals surface area contributed by atoms with Crippen LogP contribution in [0.4, 0.5) is 0 Å². The molecular formula is C19H29N5O2. The van der Waals surface area contributed by atoms with Gasteiger partial charge in [-0.3, -0.25) is 14.5 Å². The molecule has 0 aliphatic carbocycles. The second-order valence-corrected chi connectivity index (χ2v) is 7.95. The maximum atomic E-state index is 12.8. The minimum absolute atomic E-state index is 0.00103. The average Bonchev–Trinajstić information content (AvgIpc) is 2.99. The number of aromatic nitrogens is 2. The van der Waals surface area contributed by atoms with E-state index in [-0.39, 0.29) is 30.3 Å². The van der Waals surface area contributed by atoms with E-state index in [0.29, 0.717) is 25.6 Å². The minimum Gasteiger partial charge on any atom is -0.353 e. The van der Waals surface area contributed by atoms with E-state index in [2.05, 4.69) is 47.9 Å². The fourth-order valence-electron chi connectivity index (χ4n) is 3.69. The lowest BCUT2D eigenvalue weighted by molar-refractivity contribution is -0.140. The summed E-state index contributed by atoms with van der Waals surface area (Å²) in [6.45, 7) is 10.9. The number of carbonyl (C=O) groups is 2. The van der Waals surface area contributed by atoms with Gasteiger partial charge in [0, 0.05) is 43.9 Å². The zero-order chi connectivity index (χ0) is 18.8. The maximum Gasteiger partial charge on any atom is 0.237 e. The van der Waals surface area contributed by atoms with E-state index in [1.165, 1.54) is 0 Å². The molecule has 1 fully saturated rings. The van der Waals surface area contributed by atoms with Gasteiger partial charge in [0.1, 0.15) is 5.82 Å². The molecule has 26 heavy (non-hydrogen) atoms. The number of hydrogen-bond donors (Lipinski definition) is 1. The van der Waals surface area contributed by atoms with E-state index < -0.39 is 0 Å². The Balaban J connectivity index is 1.66. The van der Waals surface area contributed by atoms with Crippen molar-refractivity contribution in [2.45, 2.75) is 65.7 Å². The number of piperazine rings is 1. The van der Waals surface area contributed by atoms with Crippen LogP contribution in [-0.2, 0) is 29.1 Å². The third kappa shape index (κ3) is 4.03. The first-order chi connectivity index (χ1) is 12.3. The molecule has 1 aromatic rings. The van der Waals surface area contributed by atoms with Gasteiger partial charge in [-0.2, -0.15) is 0 Å². The molecule has 7 nitrogen and oxygen atoms in total. The molecule has 3 rings (SSSR count). The van der Waals surface area contributed by atoms with Gasteiger partial charge in [0.15, 0.2) is 0 Å². The molecule has 0 spiro atoms. The van der Waals surface area contributed by atoms with Crippen molar-refractivity contribution in [3.05, 3.63) is 23.3 Å². The van der Waals surface area contributed by atoms with Gasteiger partial charge >= 0.3 is 0 Å². The van der Waals surface area contributed by atoms with E-state index in [0.717, 1.165) is 30.0 Å². The SMILES string of the molecule is CC(C)Cc1ncc2c(n1)CN(C(=O)C[C@@H]1C(=O)NCCN1C(C)C)C2. The summed E-state index contributed by atoms with van der Waals surface area (Å²) >= 11 is 0. The number of carbonyl (C=O) groups excluding carboxylic acids is 2. The van der Waals surface area contributed by atoms with Gasteiger partial charge in [0.2, 0.25) is 11.8 Å². The van der Waals surface area contributed by atoms with Gasteiger partial charge in [-0.05, 0) is 19.8 Å². The van der Waals surface area contributed by atoms with Crippen LogP contribution in [0.2, 0.25) is 0 Å². The molecule has 0 unspecified atom stereocenters. The molecule has 7 heteroatoms. The predicted octanol–water partition coefficient (Wildman–Crippen LogP) is 1.12. The summed E-state index contributed by atoms with van der Waals surface area (Å²) in [5.41, 5.74) is 1.96. The summed E-state index contributed by atoms with van der Waals surface area (Å²) in [4.78, 5) is 38.1. The van der Waals surface area contributed by atoms with Crippen LogP contribution >= 0.6 is 0 Å². The molecule has 0 saturated carbocycles. The summed E-state index contributed by atoms with van der Waals surface area (Å²) in [7, 11) is 0. The Morgan fingerprint density at radius 3 is 2.77 bits per heavy atom. The van der Waals surface area contributed by atoms with Crippen molar-refractivity contribution in [1.29, 1.82) is 0 Å². The highest BCUT2D eigenvalue weighted by Crippen LogP contribution is 2.23. The quantitative estimate of drug-likeness (QED) is 0.852. The summed E-state index contributed by atoms with van der Waals surface area (Å²) in [5, 5.41) is 2.88. The number of nitrogens with one attached hydrogen (secondary N) is 1. The molecular weight excluding hydrogens is 330 g/mol. The highest BCUT2D eigenvalue weighted by atomic mass is 16.2. The zero-order valence-corrected chi connectivity index (χ0v) is 16.2. The Kier molecular flexibility index (Phi) is 5.55. The molecule has 1 atom stereocenters. The van der Waals surface area contributed by atoms with Crippen LogP contribution in [0.3, 0.4) is 0 Å². The van der Waals surface area contributed by atoms with Crippen LogP contribution in [0.15, 0.2) is 6.20 Å². The summed E-state index contributed by atoms with van der Waals surface area (Å²) in [6, 6.07) is -0.151. The van der Waals surface area contributed by atoms with Crippen molar-refractivity contribution in [3.63, 3.8) is 0 Å². The molecule has 2 aliphatic heterocycles. The van der Waals surface area contributed by atoms with Crippen molar-refractivity contribution in [2.24, 2.45) is 5.92 Å². The lowest BCUT2D eigenvalue weighted by Gasteiger charge is -2.38. The van der Waals surface area contributed by atoms with E-state index in [1.807, 2.05) is 6.20 Å². The van der Waals surface area contributed by atoms with Crippen molar-refractivity contribution < 1.29 is 9.59 Å². The standard InChI is InChI=1S/C19H29N5O2/c1-12(2)7-17-21-9-14-10-23(11-15(14)22-17)18(25)8-16-19(26)20-5-6-24(16)13(3)4/h9,12-13,16H,5-8,10-11H2,1-4H3,(H,20,26)/t16-/m1/s1. The Bertz CT molecular complexity index is 689. The second kappa shape index (κ2) is 7.70. The van der Waals surface area contributed by atoms with E-state index >= 15 is 0 Å². The molecule has 1 aromatic heterocycles. The lowest BCUT2D eigenvalue weighted by atomic mass is 10.1. The molecule has 3 heterocycles. The number of nitrogens with zero attached hydrogens (tertiary/aromatic N) is 4. The zero-order valence-electron chi connectivity index (χ0n) is 16.2. The lowest BCUT2D eigenvalue weighted by Crippen LogP contribution is -2.58. The van der Waals surface area contributed by atoms with Crippen LogP contribution in [0.5, 0.6) is 0 Å². The normalized spacial score (nSPS) is 20.6. The monoisotopic (exact) mass is 359 g/mol. The third-order valence-electron chi connectivity index (χ3n) is 5.05. The second-order valence-electron chi connectivity index (χ2n) is 7.95. The summed E-state index contributed by atoms with van der Waals surface area (Å²) in [5.74, 6) is 1.29. The molecule has 1 saturated heterocycles. The molecule has 0 radical (unpaired) electrons. The highest BCUT2D eigenvalue weighted by Gasteiger charge is 2.35. The van der Waals surface area contributed by atoms with Gasteiger partial charge in [-0.25, -0.2) is 9.97 Å². The fourth-order valence-corrected chi connectivity index (χ4v) is 3.69. The molecule has 2 amide bonds. The number of hydrogen-bond acceptors (Lipinski definition) is 5. The number of amides is 2. The first-order valence-electron chi connectivity index (χ1n) is 9.50. The smallest absolute Gasteiger partial charge is 0.237 e. The van der Waals surface area contributed by atoms with Crippen LogP contribution in [0.25, 0.3) is 0 Å². The van der Waals surface area contributed by atoms with E-state index in [1.54, 1.807) is 4.90 Å². The third-order valence-corrected chi connectivity index (χ3v) is 5.05. The van der Waals surface area contributed by atoms with Gasteiger partial charge < -0.3 is 10.2 Å². The molecule has 1 N–H and O–H groups in total. The van der Waals surface area contributed by atoms with Crippen LogP contribution < -0.4 is 5.32 Å². The van der Waals surface area contributed by atoms with Gasteiger partial charge in [0.25, 0.3) is 0 Å².